The molecule has 0 aromatic heterocycles. The zero-order valence-corrected chi connectivity index (χ0v) is 6.81. The lowest BCUT2D eigenvalue weighted by atomic mass is 9.82. The van der Waals surface area contributed by atoms with Gasteiger partial charge in [-0.25, -0.2) is 0 Å². The number of rotatable bonds is 0. The molecular formula is C8H14O2. The number of carbonyl (C=O) groups is 1. The summed E-state index contributed by atoms with van der Waals surface area (Å²) in [6, 6.07) is 0. The van der Waals surface area contributed by atoms with Gasteiger partial charge in [0.25, 0.3) is 0 Å². The van der Waals surface area contributed by atoms with Gasteiger partial charge in [0.1, 0.15) is 0 Å². The molecular weight excluding hydrogens is 128 g/mol. The lowest BCUT2D eigenvalue weighted by Gasteiger charge is -2.32. The second-order valence-electron chi connectivity index (χ2n) is 3.85. The summed E-state index contributed by atoms with van der Waals surface area (Å²) in [6.45, 7) is 6.15. The highest BCUT2D eigenvalue weighted by molar-refractivity contribution is 5.71. The van der Waals surface area contributed by atoms with E-state index in [-0.39, 0.29) is 17.5 Å². The van der Waals surface area contributed by atoms with E-state index in [4.69, 9.17) is 4.74 Å². The first-order valence-electron chi connectivity index (χ1n) is 3.69. The van der Waals surface area contributed by atoms with Gasteiger partial charge in [-0.15, -0.1) is 0 Å². The summed E-state index contributed by atoms with van der Waals surface area (Å²) < 4.78 is 4.98. The molecule has 1 saturated heterocycles. The molecule has 1 aliphatic heterocycles. The van der Waals surface area contributed by atoms with Crippen LogP contribution in [0.3, 0.4) is 0 Å². The third kappa shape index (κ3) is 1.72. The Morgan fingerprint density at radius 3 is 2.60 bits per heavy atom. The summed E-state index contributed by atoms with van der Waals surface area (Å²) in [4.78, 5) is 10.9. The van der Waals surface area contributed by atoms with Gasteiger partial charge in [0.15, 0.2) is 0 Å². The highest BCUT2D eigenvalue weighted by atomic mass is 16.5. The molecule has 0 spiro atoms. The molecule has 1 unspecified atom stereocenters. The van der Waals surface area contributed by atoms with E-state index in [1.165, 1.54) is 0 Å². The Morgan fingerprint density at radius 1 is 1.60 bits per heavy atom. The molecule has 0 radical (unpaired) electrons. The number of hydrogen-bond donors (Lipinski definition) is 0. The van der Waals surface area contributed by atoms with E-state index < -0.39 is 0 Å². The van der Waals surface area contributed by atoms with E-state index in [9.17, 15) is 4.79 Å². The van der Waals surface area contributed by atoms with Crippen molar-refractivity contribution in [2.45, 2.75) is 39.7 Å². The van der Waals surface area contributed by atoms with Gasteiger partial charge in [0.2, 0.25) is 0 Å². The first kappa shape index (κ1) is 7.58. The lowest BCUT2D eigenvalue weighted by Crippen LogP contribution is -2.32. The summed E-state index contributed by atoms with van der Waals surface area (Å²) in [5.41, 5.74) is 0.148. The number of carbonyl (C=O) groups excluding carboxylic acids is 1. The second kappa shape index (κ2) is 2.26. The average Bonchev–Trinajstić information content (AvgIpc) is 1.54. The smallest absolute Gasteiger partial charge is 0.306 e. The quantitative estimate of drug-likeness (QED) is 0.481. The van der Waals surface area contributed by atoms with Crippen LogP contribution in [0.2, 0.25) is 0 Å². The van der Waals surface area contributed by atoms with Crippen LogP contribution in [0.15, 0.2) is 0 Å². The highest BCUT2D eigenvalue weighted by Crippen LogP contribution is 2.32. The van der Waals surface area contributed by atoms with Crippen molar-refractivity contribution in [2.24, 2.45) is 5.41 Å². The lowest BCUT2D eigenvalue weighted by molar-refractivity contribution is -0.159. The molecule has 1 rings (SSSR count). The van der Waals surface area contributed by atoms with Crippen molar-refractivity contribution in [1.29, 1.82) is 0 Å². The first-order chi connectivity index (χ1) is 4.49. The third-order valence-corrected chi connectivity index (χ3v) is 1.80. The van der Waals surface area contributed by atoms with Gasteiger partial charge in [0.05, 0.1) is 12.5 Å². The van der Waals surface area contributed by atoms with Gasteiger partial charge in [-0.1, -0.05) is 13.8 Å². The van der Waals surface area contributed by atoms with Gasteiger partial charge in [-0.2, -0.15) is 0 Å². The normalized spacial score (nSPS) is 31.5. The molecule has 1 heterocycles. The molecule has 1 aliphatic rings. The van der Waals surface area contributed by atoms with Crippen molar-refractivity contribution in [2.75, 3.05) is 0 Å². The van der Waals surface area contributed by atoms with Crippen LogP contribution in [-0.4, -0.2) is 12.1 Å². The predicted molar refractivity (Wildman–Crippen MR) is 38.6 cm³/mol. The average molecular weight is 142 g/mol. The summed E-state index contributed by atoms with van der Waals surface area (Å²) >= 11 is 0. The van der Waals surface area contributed by atoms with Crippen molar-refractivity contribution in [3.8, 4) is 0 Å². The highest BCUT2D eigenvalue weighted by Gasteiger charge is 2.31. The third-order valence-electron chi connectivity index (χ3n) is 1.80. The Bertz CT molecular complexity index is 149. The number of cyclic esters (lactones) is 1. The minimum atomic E-state index is -0.0521. The molecule has 10 heavy (non-hydrogen) atoms. The summed E-state index contributed by atoms with van der Waals surface area (Å²) in [5.74, 6) is -0.0521. The van der Waals surface area contributed by atoms with E-state index in [1.807, 2.05) is 6.92 Å². The van der Waals surface area contributed by atoms with Crippen LogP contribution in [0, 0.1) is 5.41 Å². The maximum absolute atomic E-state index is 10.9. The molecule has 0 bridgehead atoms. The first-order valence-corrected chi connectivity index (χ1v) is 3.69. The van der Waals surface area contributed by atoms with E-state index in [0.29, 0.717) is 6.42 Å². The Morgan fingerprint density at radius 2 is 2.20 bits per heavy atom. The molecule has 0 amide bonds. The fourth-order valence-electron chi connectivity index (χ4n) is 1.55. The largest absolute Gasteiger partial charge is 0.463 e. The van der Waals surface area contributed by atoms with Crippen LogP contribution in [0.4, 0.5) is 0 Å². The molecule has 1 atom stereocenters. The molecule has 0 aromatic rings. The van der Waals surface area contributed by atoms with Crippen LogP contribution >= 0.6 is 0 Å². The van der Waals surface area contributed by atoms with Crippen molar-refractivity contribution in [3.05, 3.63) is 0 Å². The summed E-state index contributed by atoms with van der Waals surface area (Å²) in [7, 11) is 0. The fourth-order valence-corrected chi connectivity index (χ4v) is 1.55. The van der Waals surface area contributed by atoms with E-state index >= 15 is 0 Å². The van der Waals surface area contributed by atoms with E-state index in [2.05, 4.69) is 13.8 Å². The van der Waals surface area contributed by atoms with Gasteiger partial charge in [-0.05, 0) is 18.8 Å². The van der Waals surface area contributed by atoms with Crippen LogP contribution in [0.1, 0.15) is 33.6 Å². The fraction of sp³-hybridized carbons (Fsp3) is 0.875. The van der Waals surface area contributed by atoms with Crippen LogP contribution in [-0.2, 0) is 9.53 Å². The Labute approximate surface area is 61.6 Å². The van der Waals surface area contributed by atoms with Gasteiger partial charge < -0.3 is 4.74 Å². The van der Waals surface area contributed by atoms with Crippen LogP contribution in [0.5, 0.6) is 0 Å². The molecule has 2 heteroatoms. The molecule has 0 aliphatic carbocycles. The Hall–Kier alpha value is -0.530. The predicted octanol–water partition coefficient (Wildman–Crippen LogP) is 1.74. The molecule has 0 N–H and O–H groups in total. The zero-order chi connectivity index (χ0) is 7.78. The second-order valence-corrected chi connectivity index (χ2v) is 3.85. The molecule has 1 fully saturated rings. The minimum absolute atomic E-state index is 0.0521. The van der Waals surface area contributed by atoms with Crippen molar-refractivity contribution in [3.63, 3.8) is 0 Å². The standard InChI is InChI=1S/C8H14O2/c1-6-4-8(2,3)5-7(9)10-6/h6H,4-5H2,1-3H3. The monoisotopic (exact) mass is 142 g/mol. The Balaban J connectivity index is 2.59. The van der Waals surface area contributed by atoms with E-state index in [0.717, 1.165) is 6.42 Å². The number of ether oxygens (including phenoxy) is 1. The van der Waals surface area contributed by atoms with Crippen LogP contribution < -0.4 is 0 Å². The topological polar surface area (TPSA) is 26.3 Å². The number of hydrogen-bond acceptors (Lipinski definition) is 2. The van der Waals surface area contributed by atoms with Gasteiger partial charge in [0, 0.05) is 0 Å². The Kier molecular flexibility index (Phi) is 1.71. The SMILES string of the molecule is CC1CC(C)(C)CC(=O)O1. The zero-order valence-electron chi connectivity index (χ0n) is 6.81. The van der Waals surface area contributed by atoms with Crippen LogP contribution in [0.25, 0.3) is 0 Å². The summed E-state index contributed by atoms with van der Waals surface area (Å²) in [5, 5.41) is 0. The van der Waals surface area contributed by atoms with Gasteiger partial charge in [-0.3, -0.25) is 4.79 Å². The summed E-state index contributed by atoms with van der Waals surface area (Å²) in [6.07, 6.45) is 1.66. The van der Waals surface area contributed by atoms with E-state index in [1.54, 1.807) is 0 Å². The van der Waals surface area contributed by atoms with Crippen molar-refractivity contribution in [1.82, 2.24) is 0 Å². The molecule has 0 aromatic carbocycles. The van der Waals surface area contributed by atoms with Crippen molar-refractivity contribution < 1.29 is 9.53 Å². The molecule has 2 nitrogen and oxygen atoms in total. The molecule has 58 valence electrons. The number of esters is 1. The van der Waals surface area contributed by atoms with Crippen molar-refractivity contribution >= 4 is 5.97 Å². The maximum Gasteiger partial charge on any atom is 0.306 e. The minimum Gasteiger partial charge on any atom is -0.463 e. The maximum atomic E-state index is 10.9. The molecule has 0 saturated carbocycles. The van der Waals surface area contributed by atoms with Gasteiger partial charge >= 0.3 is 5.97 Å².